The van der Waals surface area contributed by atoms with Crippen molar-refractivity contribution in [3.8, 4) is 6.07 Å². The number of nitriles is 1. The Bertz CT molecular complexity index is 563. The monoisotopic (exact) mass is 295 g/mol. The molecule has 7 nitrogen and oxygen atoms in total. The molecule has 2 N–H and O–H groups in total. The highest BCUT2D eigenvalue weighted by atomic mass is 35.5. The Labute approximate surface area is 121 Å². The Balaban J connectivity index is 2.06. The van der Waals surface area contributed by atoms with Gasteiger partial charge < -0.3 is 15.3 Å². The Morgan fingerprint density at radius 3 is 2.75 bits per heavy atom. The first-order valence-electron chi connectivity index (χ1n) is 6.12. The predicted octanol–water partition coefficient (Wildman–Crippen LogP) is 1.63. The molecule has 8 heteroatoms. The van der Waals surface area contributed by atoms with Crippen molar-refractivity contribution >= 4 is 23.5 Å². The van der Waals surface area contributed by atoms with Crippen LogP contribution in [0.25, 0.3) is 0 Å². The summed E-state index contributed by atoms with van der Waals surface area (Å²) < 4.78 is 0. The zero-order valence-corrected chi connectivity index (χ0v) is 11.7. The van der Waals surface area contributed by atoms with Crippen molar-refractivity contribution in [2.45, 2.75) is 25.3 Å². The number of aromatic nitrogens is 2. The van der Waals surface area contributed by atoms with Crippen LogP contribution in [-0.4, -0.2) is 39.8 Å². The van der Waals surface area contributed by atoms with Gasteiger partial charge in [-0.2, -0.15) is 5.26 Å². The number of hydrogen-bond donors (Lipinski definition) is 2. The summed E-state index contributed by atoms with van der Waals surface area (Å²) in [5.41, 5.74) is -0.323. The zero-order chi connectivity index (χ0) is 14.8. The number of anilines is 1. The molecule has 20 heavy (non-hydrogen) atoms. The summed E-state index contributed by atoms with van der Waals surface area (Å²) in [5.74, 6) is 0.603. The molecule has 0 atom stereocenters. The minimum absolute atomic E-state index is 0.0852. The minimum atomic E-state index is -1.01. The van der Waals surface area contributed by atoms with Crippen LogP contribution in [-0.2, 0) is 0 Å². The lowest BCUT2D eigenvalue weighted by Crippen LogP contribution is -2.53. The maximum Gasteiger partial charge on any atom is 0.405 e. The SMILES string of the molecule is CC1(NC(=O)O)CCN(c2cnc(C#N)c(Cl)n2)CC1. The highest BCUT2D eigenvalue weighted by molar-refractivity contribution is 6.30. The van der Waals surface area contributed by atoms with Crippen LogP contribution < -0.4 is 10.2 Å². The summed E-state index contributed by atoms with van der Waals surface area (Å²) in [6, 6.07) is 1.86. The van der Waals surface area contributed by atoms with Crippen LogP contribution in [0.15, 0.2) is 6.20 Å². The third-order valence-corrected chi connectivity index (χ3v) is 3.69. The Morgan fingerprint density at radius 1 is 1.60 bits per heavy atom. The van der Waals surface area contributed by atoms with Crippen LogP contribution in [0.2, 0.25) is 5.15 Å². The van der Waals surface area contributed by atoms with Gasteiger partial charge in [-0.1, -0.05) is 11.6 Å². The van der Waals surface area contributed by atoms with Crippen molar-refractivity contribution in [3.05, 3.63) is 17.0 Å². The molecule has 2 heterocycles. The van der Waals surface area contributed by atoms with Crippen LogP contribution in [0.4, 0.5) is 10.6 Å². The van der Waals surface area contributed by atoms with E-state index in [0.717, 1.165) is 0 Å². The molecule has 0 radical (unpaired) electrons. The first kappa shape index (κ1) is 14.3. The molecule has 0 saturated carbocycles. The van der Waals surface area contributed by atoms with Gasteiger partial charge in [0.1, 0.15) is 11.9 Å². The fourth-order valence-electron chi connectivity index (χ4n) is 2.20. The molecule has 0 aromatic carbocycles. The number of rotatable bonds is 2. The van der Waals surface area contributed by atoms with E-state index in [2.05, 4.69) is 15.3 Å². The Kier molecular flexibility index (Phi) is 3.95. The smallest absolute Gasteiger partial charge is 0.405 e. The molecule has 0 spiro atoms. The molecule has 0 bridgehead atoms. The van der Waals surface area contributed by atoms with Gasteiger partial charge in [-0.3, -0.25) is 0 Å². The molecule has 0 aliphatic carbocycles. The normalized spacial score (nSPS) is 17.4. The molecule has 1 aromatic rings. The highest BCUT2D eigenvalue weighted by Crippen LogP contribution is 2.25. The molecular formula is C12H14ClN5O2. The first-order valence-corrected chi connectivity index (χ1v) is 6.50. The van der Waals surface area contributed by atoms with Gasteiger partial charge in [0.25, 0.3) is 0 Å². The van der Waals surface area contributed by atoms with Crippen molar-refractivity contribution < 1.29 is 9.90 Å². The van der Waals surface area contributed by atoms with Gasteiger partial charge in [0.05, 0.1) is 6.20 Å². The second-order valence-electron chi connectivity index (χ2n) is 4.96. The quantitative estimate of drug-likeness (QED) is 0.859. The molecule has 1 aliphatic rings. The average Bonchev–Trinajstić information content (AvgIpc) is 2.38. The standard InChI is InChI=1S/C12H14ClN5O2/c1-12(17-11(19)20)2-4-18(5-3-12)9-7-15-8(6-14)10(13)16-9/h7,17H,2-5H2,1H3,(H,19,20). The van der Waals surface area contributed by atoms with Crippen molar-refractivity contribution in [1.82, 2.24) is 15.3 Å². The van der Waals surface area contributed by atoms with Crippen molar-refractivity contribution in [2.75, 3.05) is 18.0 Å². The van der Waals surface area contributed by atoms with Gasteiger partial charge in [0, 0.05) is 18.6 Å². The summed E-state index contributed by atoms with van der Waals surface area (Å²) in [6.07, 6.45) is 1.83. The lowest BCUT2D eigenvalue weighted by molar-refractivity contribution is 0.173. The van der Waals surface area contributed by atoms with E-state index >= 15 is 0 Å². The zero-order valence-electron chi connectivity index (χ0n) is 10.9. The van der Waals surface area contributed by atoms with Gasteiger partial charge in [0.15, 0.2) is 10.8 Å². The van der Waals surface area contributed by atoms with Crippen molar-refractivity contribution in [2.24, 2.45) is 0 Å². The molecular weight excluding hydrogens is 282 g/mol. The molecule has 1 amide bonds. The lowest BCUT2D eigenvalue weighted by Gasteiger charge is -2.39. The predicted molar refractivity (Wildman–Crippen MR) is 72.8 cm³/mol. The average molecular weight is 296 g/mol. The fraction of sp³-hybridized carbons (Fsp3) is 0.500. The van der Waals surface area contributed by atoms with Gasteiger partial charge >= 0.3 is 6.09 Å². The second-order valence-corrected chi connectivity index (χ2v) is 5.32. The summed E-state index contributed by atoms with van der Waals surface area (Å²) in [5, 5.41) is 20.2. The topological polar surface area (TPSA) is 102 Å². The molecule has 0 unspecified atom stereocenters. The number of nitrogens with one attached hydrogen (secondary N) is 1. The lowest BCUT2D eigenvalue weighted by atomic mass is 9.90. The molecule has 1 saturated heterocycles. The van der Waals surface area contributed by atoms with E-state index in [1.54, 1.807) is 0 Å². The third-order valence-electron chi connectivity index (χ3n) is 3.42. The number of amides is 1. The van der Waals surface area contributed by atoms with E-state index in [9.17, 15) is 4.79 Å². The molecule has 1 aromatic heterocycles. The summed E-state index contributed by atoms with van der Waals surface area (Å²) in [7, 11) is 0. The van der Waals surface area contributed by atoms with Crippen molar-refractivity contribution in [3.63, 3.8) is 0 Å². The third kappa shape index (κ3) is 3.08. The van der Waals surface area contributed by atoms with Crippen LogP contribution in [0.1, 0.15) is 25.5 Å². The van der Waals surface area contributed by atoms with E-state index in [1.807, 2.05) is 17.9 Å². The van der Waals surface area contributed by atoms with Crippen LogP contribution in [0, 0.1) is 11.3 Å². The van der Waals surface area contributed by atoms with E-state index in [1.165, 1.54) is 6.20 Å². The largest absolute Gasteiger partial charge is 0.465 e. The van der Waals surface area contributed by atoms with Crippen LogP contribution in [0.5, 0.6) is 0 Å². The first-order chi connectivity index (χ1) is 9.43. The molecule has 1 aliphatic heterocycles. The number of piperidine rings is 1. The van der Waals surface area contributed by atoms with E-state index in [0.29, 0.717) is 31.7 Å². The van der Waals surface area contributed by atoms with Crippen LogP contribution >= 0.6 is 11.6 Å². The number of nitrogens with zero attached hydrogens (tertiary/aromatic N) is 4. The van der Waals surface area contributed by atoms with Gasteiger partial charge in [-0.05, 0) is 19.8 Å². The van der Waals surface area contributed by atoms with Gasteiger partial charge in [0.2, 0.25) is 0 Å². The Morgan fingerprint density at radius 2 is 2.25 bits per heavy atom. The second kappa shape index (κ2) is 5.51. The van der Waals surface area contributed by atoms with Crippen LogP contribution in [0.3, 0.4) is 0 Å². The Hall–Kier alpha value is -2.07. The highest BCUT2D eigenvalue weighted by Gasteiger charge is 2.32. The number of carbonyl (C=O) groups is 1. The molecule has 2 rings (SSSR count). The van der Waals surface area contributed by atoms with Gasteiger partial charge in [-0.15, -0.1) is 0 Å². The maximum atomic E-state index is 10.7. The van der Waals surface area contributed by atoms with Gasteiger partial charge in [-0.25, -0.2) is 14.8 Å². The number of carboxylic acid groups (broad SMARTS) is 1. The number of halogens is 1. The fourth-order valence-corrected chi connectivity index (χ4v) is 2.38. The summed E-state index contributed by atoms with van der Waals surface area (Å²) in [6.45, 7) is 3.18. The van der Waals surface area contributed by atoms with E-state index < -0.39 is 11.6 Å². The molecule has 1 fully saturated rings. The summed E-state index contributed by atoms with van der Waals surface area (Å²) >= 11 is 5.86. The van der Waals surface area contributed by atoms with E-state index in [-0.39, 0.29) is 10.8 Å². The minimum Gasteiger partial charge on any atom is -0.465 e. The maximum absolute atomic E-state index is 10.7. The summed E-state index contributed by atoms with van der Waals surface area (Å²) in [4.78, 5) is 20.8. The molecule has 106 valence electrons. The van der Waals surface area contributed by atoms with E-state index in [4.69, 9.17) is 22.0 Å². The number of hydrogen-bond acceptors (Lipinski definition) is 5. The van der Waals surface area contributed by atoms with Crippen molar-refractivity contribution in [1.29, 1.82) is 5.26 Å².